The van der Waals surface area contributed by atoms with Crippen molar-refractivity contribution in [1.29, 1.82) is 0 Å². The minimum absolute atomic E-state index is 0.0353. The standard InChI is InChI=1S/C34H41N3O6/c1-6-17-35(24-11-13-25(14-12-24)42-8-3)31(39)28-27-15-16-34(43-27)29(28)32(40)37(19-20-38)30(34)33(41)36(18-7-2)26-21-22(4)9-10-23(26)5/h6-7,9-14,21,27-30,38H,1-2,8,15-20H2,3-5H3/t27-,28+,29-,30?,34?/m0/s1. The van der Waals surface area contributed by atoms with Crippen molar-refractivity contribution >= 4 is 29.1 Å². The quantitative estimate of drug-likeness (QED) is 0.380. The third kappa shape index (κ3) is 5.14. The number of amides is 3. The summed E-state index contributed by atoms with van der Waals surface area (Å²) < 4.78 is 12.2. The molecule has 5 rings (SSSR count). The zero-order chi connectivity index (χ0) is 30.9. The maximum Gasteiger partial charge on any atom is 0.253 e. The fraction of sp³-hybridized carbons (Fsp3) is 0.441. The van der Waals surface area contributed by atoms with Crippen molar-refractivity contribution < 1.29 is 29.0 Å². The van der Waals surface area contributed by atoms with Gasteiger partial charge >= 0.3 is 0 Å². The molecule has 2 aromatic carbocycles. The summed E-state index contributed by atoms with van der Waals surface area (Å²) in [7, 11) is 0. The number of fused-ring (bicyclic) bond motifs is 1. The summed E-state index contributed by atoms with van der Waals surface area (Å²) in [6.45, 7) is 14.2. The minimum atomic E-state index is -1.18. The first-order valence-corrected chi connectivity index (χ1v) is 15.0. The lowest BCUT2D eigenvalue weighted by atomic mass is 9.70. The monoisotopic (exact) mass is 587 g/mol. The predicted octanol–water partition coefficient (Wildman–Crippen LogP) is 3.81. The highest BCUT2D eigenvalue weighted by Gasteiger charge is 2.75. The van der Waals surface area contributed by atoms with Gasteiger partial charge in [-0.3, -0.25) is 14.4 Å². The number of aliphatic hydroxyl groups excluding tert-OH is 1. The Bertz CT molecular complexity index is 1410. The second-order valence-electron chi connectivity index (χ2n) is 11.5. The van der Waals surface area contributed by atoms with Crippen molar-refractivity contribution in [3.8, 4) is 5.75 Å². The number of ether oxygens (including phenoxy) is 2. The highest BCUT2D eigenvalue weighted by atomic mass is 16.5. The van der Waals surface area contributed by atoms with Crippen molar-refractivity contribution in [1.82, 2.24) is 4.90 Å². The third-order valence-corrected chi connectivity index (χ3v) is 8.93. The van der Waals surface area contributed by atoms with Crippen molar-refractivity contribution in [3.63, 3.8) is 0 Å². The molecule has 0 saturated carbocycles. The van der Waals surface area contributed by atoms with Gasteiger partial charge in [0.2, 0.25) is 11.8 Å². The molecule has 1 N–H and O–H groups in total. The Hall–Kier alpha value is -3.95. The fourth-order valence-corrected chi connectivity index (χ4v) is 7.18. The Balaban J connectivity index is 1.53. The molecule has 2 aromatic rings. The van der Waals surface area contributed by atoms with E-state index in [1.165, 1.54) is 4.90 Å². The summed E-state index contributed by atoms with van der Waals surface area (Å²) in [4.78, 5) is 47.8. The van der Waals surface area contributed by atoms with E-state index in [2.05, 4.69) is 13.2 Å². The fourth-order valence-electron chi connectivity index (χ4n) is 7.18. The highest BCUT2D eigenvalue weighted by Crippen LogP contribution is 2.59. The molecule has 0 aliphatic carbocycles. The molecule has 9 heteroatoms. The van der Waals surface area contributed by atoms with Crippen LogP contribution in [-0.4, -0.2) is 78.3 Å². The van der Waals surface area contributed by atoms with Gasteiger partial charge in [-0.1, -0.05) is 24.3 Å². The van der Waals surface area contributed by atoms with Crippen LogP contribution in [0.4, 0.5) is 11.4 Å². The zero-order valence-electron chi connectivity index (χ0n) is 25.2. The average molecular weight is 588 g/mol. The number of anilines is 2. The summed E-state index contributed by atoms with van der Waals surface area (Å²) >= 11 is 0. The number of nitrogens with zero attached hydrogens (tertiary/aromatic N) is 3. The van der Waals surface area contributed by atoms with Gasteiger partial charge < -0.3 is 29.3 Å². The van der Waals surface area contributed by atoms with Crippen molar-refractivity contribution in [3.05, 3.63) is 78.9 Å². The van der Waals surface area contributed by atoms with E-state index >= 15 is 0 Å². The van der Waals surface area contributed by atoms with Crippen molar-refractivity contribution in [2.75, 3.05) is 42.6 Å². The van der Waals surface area contributed by atoms with E-state index in [-0.39, 0.29) is 44.0 Å². The van der Waals surface area contributed by atoms with Crippen molar-refractivity contribution in [2.24, 2.45) is 11.8 Å². The zero-order valence-corrected chi connectivity index (χ0v) is 25.2. The molecule has 2 unspecified atom stereocenters. The van der Waals surface area contributed by atoms with Gasteiger partial charge in [0.15, 0.2) is 0 Å². The van der Waals surface area contributed by atoms with Gasteiger partial charge in [0.1, 0.15) is 17.4 Å². The number of hydrogen-bond acceptors (Lipinski definition) is 6. The second kappa shape index (κ2) is 12.3. The lowest BCUT2D eigenvalue weighted by Crippen LogP contribution is -2.57. The number of β-amino-alcohol motifs (C(OH)–C–C–N with tert-alkyl or cyclic N) is 1. The van der Waals surface area contributed by atoms with E-state index in [0.29, 0.717) is 30.9 Å². The van der Waals surface area contributed by atoms with Crippen LogP contribution in [0.3, 0.4) is 0 Å². The van der Waals surface area contributed by atoms with Gasteiger partial charge in [-0.15, -0.1) is 13.2 Å². The van der Waals surface area contributed by atoms with Crippen LogP contribution in [0.5, 0.6) is 5.75 Å². The van der Waals surface area contributed by atoms with Crippen LogP contribution < -0.4 is 14.5 Å². The number of likely N-dealkylation sites (tertiary alicyclic amines) is 1. The molecule has 228 valence electrons. The number of aliphatic hydroxyl groups is 1. The minimum Gasteiger partial charge on any atom is -0.494 e. The Labute approximate surface area is 253 Å². The summed E-state index contributed by atoms with van der Waals surface area (Å²) in [5.74, 6) is -1.82. The first-order chi connectivity index (χ1) is 20.7. The predicted molar refractivity (Wildman–Crippen MR) is 165 cm³/mol. The van der Waals surface area contributed by atoms with Gasteiger partial charge in [-0.2, -0.15) is 0 Å². The van der Waals surface area contributed by atoms with Crippen LogP contribution in [0.2, 0.25) is 0 Å². The number of benzene rings is 2. The van der Waals surface area contributed by atoms with Gasteiger partial charge in [-0.05, 0) is 75.1 Å². The molecular formula is C34H41N3O6. The van der Waals surface area contributed by atoms with E-state index in [1.807, 2.05) is 51.1 Å². The van der Waals surface area contributed by atoms with Crippen molar-refractivity contribution in [2.45, 2.75) is 51.4 Å². The summed E-state index contributed by atoms with van der Waals surface area (Å²) in [5, 5.41) is 9.98. The van der Waals surface area contributed by atoms with E-state index in [1.54, 1.807) is 34.1 Å². The second-order valence-corrected chi connectivity index (χ2v) is 11.5. The van der Waals surface area contributed by atoms with Gasteiger partial charge in [0.25, 0.3) is 5.91 Å². The molecule has 1 spiro atoms. The third-order valence-electron chi connectivity index (χ3n) is 8.93. The van der Waals surface area contributed by atoms with E-state index < -0.39 is 29.6 Å². The maximum absolute atomic E-state index is 14.6. The van der Waals surface area contributed by atoms with Gasteiger partial charge in [0.05, 0.1) is 31.2 Å². The largest absolute Gasteiger partial charge is 0.494 e. The Kier molecular flexibility index (Phi) is 8.76. The molecule has 3 fully saturated rings. The molecule has 3 saturated heterocycles. The van der Waals surface area contributed by atoms with E-state index in [4.69, 9.17) is 9.47 Å². The molecule has 3 heterocycles. The first-order valence-electron chi connectivity index (χ1n) is 15.0. The van der Waals surface area contributed by atoms with Crippen LogP contribution in [0, 0.1) is 25.7 Å². The van der Waals surface area contributed by atoms with Crippen LogP contribution >= 0.6 is 0 Å². The van der Waals surface area contributed by atoms with Gasteiger partial charge in [-0.25, -0.2) is 0 Å². The first kappa shape index (κ1) is 30.5. The maximum atomic E-state index is 14.6. The van der Waals surface area contributed by atoms with E-state index in [9.17, 15) is 19.5 Å². The van der Waals surface area contributed by atoms with Crippen LogP contribution in [0.1, 0.15) is 30.9 Å². The molecule has 2 bridgehead atoms. The normalized spacial score (nSPS) is 25.4. The lowest BCUT2D eigenvalue weighted by molar-refractivity contribution is -0.141. The summed E-state index contributed by atoms with van der Waals surface area (Å²) in [5.41, 5.74) is 2.11. The molecule has 43 heavy (non-hydrogen) atoms. The topological polar surface area (TPSA) is 99.6 Å². The average Bonchev–Trinajstić information content (AvgIpc) is 3.64. The molecule has 9 nitrogen and oxygen atoms in total. The van der Waals surface area contributed by atoms with Crippen LogP contribution in [-0.2, 0) is 19.1 Å². The van der Waals surface area contributed by atoms with Crippen LogP contribution in [0.25, 0.3) is 0 Å². The molecule has 3 aliphatic heterocycles. The number of rotatable bonds is 12. The SMILES string of the molecule is C=CCN(C(=O)[C@@H]1[C@@H]2CCC3(O2)C(C(=O)N(CC=C)c2cc(C)ccc2C)N(CCO)C(=O)[C@H]13)c1ccc(OCC)cc1. The van der Waals surface area contributed by atoms with E-state index in [0.717, 1.165) is 16.8 Å². The summed E-state index contributed by atoms with van der Waals surface area (Å²) in [6.07, 6.45) is 3.82. The highest BCUT2D eigenvalue weighted by molar-refractivity contribution is 6.06. The lowest BCUT2D eigenvalue weighted by Gasteiger charge is -2.37. The Morgan fingerprint density at radius 1 is 1.09 bits per heavy atom. The Morgan fingerprint density at radius 2 is 1.79 bits per heavy atom. The molecular weight excluding hydrogens is 546 g/mol. The molecule has 0 aromatic heterocycles. The number of carbonyl (C=O) groups excluding carboxylic acids is 3. The van der Waals surface area contributed by atoms with Crippen LogP contribution in [0.15, 0.2) is 67.8 Å². The molecule has 3 amide bonds. The molecule has 0 radical (unpaired) electrons. The van der Waals surface area contributed by atoms with Gasteiger partial charge in [0, 0.05) is 31.0 Å². The number of hydrogen-bond donors (Lipinski definition) is 1. The summed E-state index contributed by atoms with van der Waals surface area (Å²) in [6, 6.07) is 12.1. The molecule has 5 atom stereocenters. The smallest absolute Gasteiger partial charge is 0.253 e. The molecule has 3 aliphatic rings. The Morgan fingerprint density at radius 3 is 2.44 bits per heavy atom. The number of carbonyl (C=O) groups is 3. The number of aryl methyl sites for hydroxylation is 2.